The summed E-state index contributed by atoms with van der Waals surface area (Å²) in [6.07, 6.45) is 1.80. The molecule has 0 atom stereocenters. The van der Waals surface area contributed by atoms with Crippen LogP contribution >= 0.6 is 0 Å². The maximum atomic E-state index is 5.07. The van der Waals surface area contributed by atoms with E-state index in [0.29, 0.717) is 0 Å². The summed E-state index contributed by atoms with van der Waals surface area (Å²) in [5.74, 6) is 0. The first-order valence-corrected chi connectivity index (χ1v) is 7.53. The summed E-state index contributed by atoms with van der Waals surface area (Å²) in [5, 5.41) is 2.82. The van der Waals surface area contributed by atoms with E-state index in [1.54, 1.807) is 13.4 Å². The quantitative estimate of drug-likeness (QED) is 0.584. The molecule has 0 bridgehead atoms. The topological polar surface area (TPSA) is 9.23 Å². The van der Waals surface area contributed by atoms with Crippen LogP contribution < -0.4 is 10.4 Å². The van der Waals surface area contributed by atoms with E-state index in [9.17, 15) is 0 Å². The number of hydrogen-bond acceptors (Lipinski definition) is 1. The first-order chi connectivity index (χ1) is 8.42. The Labute approximate surface area is 104 Å². The molecule has 2 heteroatoms. The normalized spacial score (nSPS) is 10.9. The van der Waals surface area contributed by atoms with Crippen LogP contribution in [0.25, 0.3) is 0 Å². The molecule has 2 rings (SSSR count). The third-order valence-corrected chi connectivity index (χ3v) is 5.47. The molecule has 0 radical (unpaired) electrons. The van der Waals surface area contributed by atoms with E-state index in [-0.39, 0.29) is 0 Å². The van der Waals surface area contributed by atoms with Crippen LogP contribution in [-0.4, -0.2) is 15.9 Å². The van der Waals surface area contributed by atoms with E-state index in [1.807, 2.05) is 0 Å². The maximum Gasteiger partial charge on any atom is 0.128 e. The summed E-state index contributed by atoms with van der Waals surface area (Å²) in [7, 11) is 0.419. The molecule has 0 heterocycles. The van der Waals surface area contributed by atoms with Crippen molar-refractivity contribution in [1.29, 1.82) is 0 Å². The van der Waals surface area contributed by atoms with Gasteiger partial charge in [-0.1, -0.05) is 76.7 Å². The predicted octanol–water partition coefficient (Wildman–Crippen LogP) is 1.73. The number of ether oxygens (including phenoxy) is 1. The average molecular weight is 240 g/mol. The highest BCUT2D eigenvalue weighted by Gasteiger charge is 2.11. The SMILES string of the molecule is COC=C[SiH](c1ccccc1)c1ccccc1. The Morgan fingerprint density at radius 3 is 1.71 bits per heavy atom. The number of rotatable bonds is 4. The molecular weight excluding hydrogens is 224 g/mol. The Hall–Kier alpha value is -1.80. The summed E-state index contributed by atoms with van der Waals surface area (Å²) in [4.78, 5) is 0. The number of methoxy groups -OCH3 is 1. The standard InChI is InChI=1S/C15H16OSi/c1-16-12-13-17(14-8-4-2-5-9-14)15-10-6-3-7-11-15/h2-13,17H,1H3. The molecule has 0 aliphatic heterocycles. The van der Waals surface area contributed by atoms with Crippen LogP contribution in [0.5, 0.6) is 0 Å². The van der Waals surface area contributed by atoms with Crippen molar-refractivity contribution in [3.8, 4) is 0 Å². The van der Waals surface area contributed by atoms with Crippen LogP contribution in [0.1, 0.15) is 0 Å². The summed E-state index contributed by atoms with van der Waals surface area (Å²) < 4.78 is 5.07. The van der Waals surface area contributed by atoms with Gasteiger partial charge in [-0.3, -0.25) is 0 Å². The molecule has 0 fully saturated rings. The van der Waals surface area contributed by atoms with Crippen LogP contribution in [0.2, 0.25) is 0 Å². The minimum absolute atomic E-state index is 1.27. The molecule has 0 amide bonds. The third kappa shape index (κ3) is 3.08. The second kappa shape index (κ2) is 6.06. The smallest absolute Gasteiger partial charge is 0.128 e. The van der Waals surface area contributed by atoms with Gasteiger partial charge >= 0.3 is 0 Å². The fourth-order valence-corrected chi connectivity index (χ4v) is 4.31. The van der Waals surface area contributed by atoms with Gasteiger partial charge in [0.05, 0.1) is 13.4 Å². The Bertz CT molecular complexity index is 425. The lowest BCUT2D eigenvalue weighted by Gasteiger charge is -2.11. The van der Waals surface area contributed by atoms with E-state index in [0.717, 1.165) is 0 Å². The first-order valence-electron chi connectivity index (χ1n) is 5.71. The van der Waals surface area contributed by atoms with E-state index >= 15 is 0 Å². The zero-order valence-corrected chi connectivity index (χ0v) is 11.1. The summed E-state index contributed by atoms with van der Waals surface area (Å²) in [6, 6.07) is 21.3. The van der Waals surface area contributed by atoms with Crippen molar-refractivity contribution in [1.82, 2.24) is 0 Å². The monoisotopic (exact) mass is 240 g/mol. The molecule has 0 aliphatic rings. The van der Waals surface area contributed by atoms with Crippen LogP contribution in [0.3, 0.4) is 0 Å². The molecule has 2 aromatic rings. The van der Waals surface area contributed by atoms with Crippen molar-refractivity contribution >= 4 is 19.2 Å². The fourth-order valence-electron chi connectivity index (χ4n) is 1.89. The molecular formula is C15H16OSi. The zero-order valence-electron chi connectivity index (χ0n) is 9.91. The van der Waals surface area contributed by atoms with Crippen molar-refractivity contribution in [3.05, 3.63) is 72.6 Å². The fraction of sp³-hybridized carbons (Fsp3) is 0.0667. The van der Waals surface area contributed by atoms with Gasteiger partial charge in [0.1, 0.15) is 8.80 Å². The largest absolute Gasteiger partial charge is 0.505 e. The second-order valence-electron chi connectivity index (χ2n) is 3.86. The van der Waals surface area contributed by atoms with E-state index < -0.39 is 8.80 Å². The van der Waals surface area contributed by atoms with Gasteiger partial charge in [0, 0.05) is 0 Å². The molecule has 0 aliphatic carbocycles. The minimum Gasteiger partial charge on any atom is -0.505 e. The molecule has 2 aromatic carbocycles. The van der Waals surface area contributed by atoms with Gasteiger partial charge < -0.3 is 4.74 Å². The lowest BCUT2D eigenvalue weighted by atomic mass is 10.4. The van der Waals surface area contributed by atoms with Gasteiger partial charge in [-0.15, -0.1) is 0 Å². The Morgan fingerprint density at radius 2 is 1.29 bits per heavy atom. The molecule has 17 heavy (non-hydrogen) atoms. The number of benzene rings is 2. The van der Waals surface area contributed by atoms with Crippen LogP contribution in [0, 0.1) is 0 Å². The molecule has 1 nitrogen and oxygen atoms in total. The molecule has 0 spiro atoms. The van der Waals surface area contributed by atoms with Crippen LogP contribution in [-0.2, 0) is 4.74 Å². The Kier molecular flexibility index (Phi) is 4.16. The lowest BCUT2D eigenvalue weighted by Crippen LogP contribution is -2.40. The third-order valence-electron chi connectivity index (χ3n) is 2.72. The molecule has 0 unspecified atom stereocenters. The van der Waals surface area contributed by atoms with Crippen LogP contribution in [0.15, 0.2) is 72.6 Å². The van der Waals surface area contributed by atoms with Crippen molar-refractivity contribution in [3.63, 3.8) is 0 Å². The van der Waals surface area contributed by atoms with Gasteiger partial charge in [-0.2, -0.15) is 0 Å². The Balaban J connectivity index is 2.36. The van der Waals surface area contributed by atoms with Gasteiger partial charge in [0.25, 0.3) is 0 Å². The molecule has 0 saturated heterocycles. The average Bonchev–Trinajstić information content (AvgIpc) is 2.42. The van der Waals surface area contributed by atoms with Gasteiger partial charge in [-0.25, -0.2) is 0 Å². The predicted molar refractivity (Wildman–Crippen MR) is 75.5 cm³/mol. The zero-order chi connectivity index (χ0) is 11.9. The molecule has 86 valence electrons. The van der Waals surface area contributed by atoms with Crippen molar-refractivity contribution in [2.24, 2.45) is 0 Å². The van der Waals surface area contributed by atoms with Gasteiger partial charge in [0.2, 0.25) is 0 Å². The highest BCUT2D eigenvalue weighted by Crippen LogP contribution is 1.94. The van der Waals surface area contributed by atoms with E-state index in [2.05, 4.69) is 66.4 Å². The maximum absolute atomic E-state index is 5.07. The van der Waals surface area contributed by atoms with E-state index in [1.165, 1.54) is 10.4 Å². The highest BCUT2D eigenvalue weighted by molar-refractivity contribution is 6.89. The van der Waals surface area contributed by atoms with Crippen molar-refractivity contribution < 1.29 is 4.74 Å². The lowest BCUT2D eigenvalue weighted by molar-refractivity contribution is 0.339. The van der Waals surface area contributed by atoms with E-state index in [4.69, 9.17) is 4.74 Å². The number of hydrogen-bond donors (Lipinski definition) is 0. The van der Waals surface area contributed by atoms with Crippen molar-refractivity contribution in [2.45, 2.75) is 0 Å². The van der Waals surface area contributed by atoms with Gasteiger partial charge in [0.15, 0.2) is 0 Å². The Morgan fingerprint density at radius 1 is 0.824 bits per heavy atom. The first kappa shape index (κ1) is 11.7. The second-order valence-corrected chi connectivity index (χ2v) is 6.54. The highest BCUT2D eigenvalue weighted by atomic mass is 28.3. The van der Waals surface area contributed by atoms with Gasteiger partial charge in [-0.05, 0) is 0 Å². The van der Waals surface area contributed by atoms with Crippen molar-refractivity contribution in [2.75, 3.05) is 7.11 Å². The summed E-state index contributed by atoms with van der Waals surface area (Å²) >= 11 is 0. The minimum atomic E-state index is -1.27. The molecule has 0 saturated carbocycles. The summed E-state index contributed by atoms with van der Waals surface area (Å²) in [5.41, 5.74) is 2.21. The van der Waals surface area contributed by atoms with Crippen LogP contribution in [0.4, 0.5) is 0 Å². The molecule has 0 aromatic heterocycles. The summed E-state index contributed by atoms with van der Waals surface area (Å²) in [6.45, 7) is 0. The molecule has 0 N–H and O–H groups in total.